The molecular weight excluding hydrogens is 424 g/mol. The van der Waals surface area contributed by atoms with Crippen molar-refractivity contribution in [2.45, 2.75) is 6.92 Å². The molecular formula is C13H10Br2N2O3S. The highest BCUT2D eigenvalue weighted by atomic mass is 79.9. The summed E-state index contributed by atoms with van der Waals surface area (Å²) in [6, 6.07) is 3.67. The molecule has 0 aliphatic carbocycles. The molecule has 2 amide bonds. The third-order valence-electron chi connectivity index (χ3n) is 2.43. The van der Waals surface area contributed by atoms with Crippen LogP contribution in [0.5, 0.6) is 5.75 Å². The van der Waals surface area contributed by atoms with E-state index in [1.165, 1.54) is 6.92 Å². The van der Waals surface area contributed by atoms with Crippen LogP contribution in [-0.2, 0) is 9.59 Å². The summed E-state index contributed by atoms with van der Waals surface area (Å²) in [6.07, 6.45) is 1.71. The van der Waals surface area contributed by atoms with E-state index in [1.807, 2.05) is 12.1 Å². The van der Waals surface area contributed by atoms with Gasteiger partial charge in [0, 0.05) is 6.92 Å². The van der Waals surface area contributed by atoms with Crippen molar-refractivity contribution >= 4 is 66.7 Å². The molecule has 1 aliphatic heterocycles. The van der Waals surface area contributed by atoms with Gasteiger partial charge in [-0.1, -0.05) is 0 Å². The van der Waals surface area contributed by atoms with E-state index in [2.05, 4.69) is 42.2 Å². The van der Waals surface area contributed by atoms with Crippen molar-refractivity contribution in [3.05, 3.63) is 31.5 Å². The average molecular weight is 434 g/mol. The second-order valence-electron chi connectivity index (χ2n) is 4.03. The number of nitrogens with zero attached hydrogens (tertiary/aromatic N) is 1. The predicted molar refractivity (Wildman–Crippen MR) is 90.2 cm³/mol. The molecule has 0 atom stereocenters. The molecule has 1 heterocycles. The van der Waals surface area contributed by atoms with Crippen LogP contribution < -0.4 is 10.1 Å². The number of ether oxygens (including phenoxy) is 1. The Hall–Kier alpha value is -1.12. The first-order valence-corrected chi connectivity index (χ1v) is 8.14. The lowest BCUT2D eigenvalue weighted by molar-refractivity contribution is -0.117. The number of amides is 2. The van der Waals surface area contributed by atoms with Crippen LogP contribution in [0.25, 0.3) is 6.08 Å². The van der Waals surface area contributed by atoms with Crippen molar-refractivity contribution < 1.29 is 14.3 Å². The Morgan fingerprint density at radius 2 is 2.00 bits per heavy atom. The van der Waals surface area contributed by atoms with Crippen molar-refractivity contribution in [3.8, 4) is 5.75 Å². The molecule has 1 aliphatic rings. The summed E-state index contributed by atoms with van der Waals surface area (Å²) in [7, 11) is 1.58. The summed E-state index contributed by atoms with van der Waals surface area (Å²) >= 11 is 7.94. The molecule has 1 aromatic carbocycles. The third kappa shape index (κ3) is 3.96. The Bertz CT molecular complexity index is 663. The van der Waals surface area contributed by atoms with Gasteiger partial charge in [0.1, 0.15) is 5.75 Å². The van der Waals surface area contributed by atoms with Crippen LogP contribution >= 0.6 is 43.6 Å². The predicted octanol–water partition coefficient (Wildman–Crippen LogP) is 3.33. The molecule has 0 unspecified atom stereocenters. The Balaban J connectivity index is 2.26. The number of nitrogens with one attached hydrogen (secondary N) is 1. The normalized spacial score (nSPS) is 16.1. The number of aliphatic imine (C=N–C) groups is 1. The molecule has 21 heavy (non-hydrogen) atoms. The van der Waals surface area contributed by atoms with Gasteiger partial charge < -0.3 is 10.1 Å². The molecule has 110 valence electrons. The topological polar surface area (TPSA) is 67.8 Å². The summed E-state index contributed by atoms with van der Waals surface area (Å²) < 4.78 is 6.76. The van der Waals surface area contributed by atoms with E-state index in [0.29, 0.717) is 15.8 Å². The van der Waals surface area contributed by atoms with Crippen LogP contribution in [0.15, 0.2) is 31.0 Å². The Morgan fingerprint density at radius 1 is 1.38 bits per heavy atom. The largest absolute Gasteiger partial charge is 0.494 e. The van der Waals surface area contributed by atoms with Gasteiger partial charge in [0.2, 0.25) is 5.91 Å². The summed E-state index contributed by atoms with van der Waals surface area (Å²) in [4.78, 5) is 27.0. The van der Waals surface area contributed by atoms with E-state index >= 15 is 0 Å². The number of rotatable bonds is 2. The van der Waals surface area contributed by atoms with Gasteiger partial charge >= 0.3 is 0 Å². The zero-order valence-corrected chi connectivity index (χ0v) is 15.1. The van der Waals surface area contributed by atoms with Gasteiger partial charge in [0.15, 0.2) is 5.17 Å². The maximum atomic E-state index is 11.8. The van der Waals surface area contributed by atoms with Crippen molar-refractivity contribution in [3.63, 3.8) is 0 Å². The number of hydrogen-bond donors (Lipinski definition) is 1. The number of halogens is 2. The molecule has 2 rings (SSSR count). The zero-order chi connectivity index (χ0) is 15.6. The summed E-state index contributed by atoms with van der Waals surface area (Å²) in [5.74, 6) is 0.0507. The van der Waals surface area contributed by atoms with Gasteiger partial charge in [-0.05, 0) is 67.4 Å². The van der Waals surface area contributed by atoms with Crippen LogP contribution in [0.1, 0.15) is 12.5 Å². The molecule has 0 bridgehead atoms. The monoisotopic (exact) mass is 432 g/mol. The number of thioether (sulfide) groups is 1. The number of methoxy groups -OCH3 is 1. The second kappa shape index (κ2) is 6.76. The van der Waals surface area contributed by atoms with E-state index in [9.17, 15) is 9.59 Å². The van der Waals surface area contributed by atoms with E-state index in [1.54, 1.807) is 13.2 Å². The lowest BCUT2D eigenvalue weighted by Crippen LogP contribution is -2.23. The molecule has 0 fully saturated rings. The van der Waals surface area contributed by atoms with E-state index in [4.69, 9.17) is 4.74 Å². The minimum atomic E-state index is -0.369. The van der Waals surface area contributed by atoms with Crippen molar-refractivity contribution in [1.29, 1.82) is 0 Å². The molecule has 0 aromatic heterocycles. The maximum Gasteiger partial charge on any atom is 0.286 e. The van der Waals surface area contributed by atoms with Gasteiger partial charge in [-0.15, -0.1) is 0 Å². The molecule has 0 saturated carbocycles. The molecule has 1 aromatic rings. The van der Waals surface area contributed by atoms with E-state index in [0.717, 1.165) is 26.3 Å². The van der Waals surface area contributed by atoms with Gasteiger partial charge in [-0.3, -0.25) is 9.59 Å². The van der Waals surface area contributed by atoms with Crippen LogP contribution in [-0.4, -0.2) is 24.1 Å². The first kappa shape index (κ1) is 16.3. The smallest absolute Gasteiger partial charge is 0.286 e. The minimum absolute atomic E-state index is 0.259. The highest BCUT2D eigenvalue weighted by Gasteiger charge is 2.22. The lowest BCUT2D eigenvalue weighted by Gasteiger charge is -2.07. The van der Waals surface area contributed by atoms with Crippen LogP contribution in [0.2, 0.25) is 0 Å². The number of amidine groups is 1. The lowest BCUT2D eigenvalue weighted by atomic mass is 10.2. The minimum Gasteiger partial charge on any atom is -0.494 e. The maximum absolute atomic E-state index is 11.8. The fraction of sp³-hybridized carbons (Fsp3) is 0.154. The van der Waals surface area contributed by atoms with E-state index in [-0.39, 0.29) is 11.8 Å². The highest BCUT2D eigenvalue weighted by molar-refractivity contribution is 9.11. The molecule has 5 nitrogen and oxygen atoms in total. The molecule has 0 saturated heterocycles. The van der Waals surface area contributed by atoms with Gasteiger partial charge in [0.25, 0.3) is 5.91 Å². The van der Waals surface area contributed by atoms with Crippen LogP contribution in [0.3, 0.4) is 0 Å². The standard InChI is InChI=1S/C13H10Br2N2O3S/c1-6(18)16-13-17-12(19)10(21-13)5-7-3-8(14)11(20-2)9(15)4-7/h3-5H,1-2H3,(H,16,17,18,19)/b10-5+. The summed E-state index contributed by atoms with van der Waals surface area (Å²) in [5.41, 5.74) is 0.810. The number of benzene rings is 1. The summed E-state index contributed by atoms with van der Waals surface area (Å²) in [6.45, 7) is 1.37. The summed E-state index contributed by atoms with van der Waals surface area (Å²) in [5, 5.41) is 2.80. The third-order valence-corrected chi connectivity index (χ3v) is 4.50. The molecule has 0 spiro atoms. The first-order chi connectivity index (χ1) is 9.90. The van der Waals surface area contributed by atoms with Crippen LogP contribution in [0.4, 0.5) is 0 Å². The fourth-order valence-corrected chi connectivity index (χ4v) is 4.03. The van der Waals surface area contributed by atoms with Crippen molar-refractivity contribution in [2.75, 3.05) is 7.11 Å². The van der Waals surface area contributed by atoms with Crippen molar-refractivity contribution in [1.82, 2.24) is 5.32 Å². The quantitative estimate of drug-likeness (QED) is 0.726. The zero-order valence-electron chi connectivity index (χ0n) is 11.1. The Kier molecular flexibility index (Phi) is 5.23. The number of carbonyl (C=O) groups is 2. The molecule has 0 radical (unpaired) electrons. The highest BCUT2D eigenvalue weighted by Crippen LogP contribution is 2.36. The first-order valence-electron chi connectivity index (χ1n) is 5.74. The molecule has 8 heteroatoms. The SMILES string of the molecule is COc1c(Br)cc(/C=C2/SC(NC(C)=O)=NC2=O)cc1Br. The average Bonchev–Trinajstić information content (AvgIpc) is 2.68. The fourth-order valence-electron chi connectivity index (χ4n) is 1.62. The second-order valence-corrected chi connectivity index (χ2v) is 6.77. The van der Waals surface area contributed by atoms with Crippen LogP contribution in [0, 0.1) is 0 Å². The van der Waals surface area contributed by atoms with E-state index < -0.39 is 0 Å². The number of carbonyl (C=O) groups excluding carboxylic acids is 2. The van der Waals surface area contributed by atoms with Gasteiger partial charge in [0.05, 0.1) is 21.0 Å². The Labute approximate surface area is 142 Å². The Morgan fingerprint density at radius 3 is 2.52 bits per heavy atom. The number of hydrogen-bond acceptors (Lipinski definition) is 4. The van der Waals surface area contributed by atoms with Crippen molar-refractivity contribution in [2.24, 2.45) is 4.99 Å². The molecule has 1 N–H and O–H groups in total. The van der Waals surface area contributed by atoms with Gasteiger partial charge in [-0.2, -0.15) is 4.99 Å². The van der Waals surface area contributed by atoms with Gasteiger partial charge in [-0.25, -0.2) is 0 Å².